The van der Waals surface area contributed by atoms with E-state index in [-0.39, 0.29) is 29.6 Å². The van der Waals surface area contributed by atoms with Crippen LogP contribution in [0.3, 0.4) is 0 Å². The van der Waals surface area contributed by atoms with Gasteiger partial charge >= 0.3 is 5.97 Å². The van der Waals surface area contributed by atoms with Crippen molar-refractivity contribution in [2.45, 2.75) is 25.7 Å². The Hall–Kier alpha value is -3.10. The van der Waals surface area contributed by atoms with E-state index in [4.69, 9.17) is 11.6 Å². The molecule has 2 aromatic carbocycles. The zero-order chi connectivity index (χ0) is 23.4. The quantitative estimate of drug-likeness (QED) is 0.405. The van der Waals surface area contributed by atoms with Gasteiger partial charge in [0, 0.05) is 23.6 Å². The molecule has 0 aliphatic carbocycles. The molecule has 0 saturated carbocycles. The van der Waals surface area contributed by atoms with Crippen molar-refractivity contribution in [2.24, 2.45) is 11.3 Å². The number of ketones is 1. The average Bonchev–Trinajstić information content (AvgIpc) is 3.49. The molecule has 1 aliphatic rings. The van der Waals surface area contributed by atoms with Gasteiger partial charge in [-0.3, -0.25) is 9.59 Å². The van der Waals surface area contributed by atoms with Crippen LogP contribution in [0.5, 0.6) is 0 Å². The van der Waals surface area contributed by atoms with Gasteiger partial charge in [-0.15, -0.1) is 0 Å². The van der Waals surface area contributed by atoms with Gasteiger partial charge in [-0.05, 0) is 61.1 Å². The lowest BCUT2D eigenvalue weighted by Gasteiger charge is -2.28. The maximum Gasteiger partial charge on any atom is 0.310 e. The molecule has 9 heteroatoms. The summed E-state index contributed by atoms with van der Waals surface area (Å²) in [4.78, 5) is 24.8. The third kappa shape index (κ3) is 5.29. The topological polar surface area (TPSA) is 108 Å². The number of halogens is 2. The number of rotatable bonds is 9. The maximum absolute atomic E-state index is 14.2. The van der Waals surface area contributed by atoms with Crippen LogP contribution in [0.1, 0.15) is 35.3 Å². The molecule has 2 heterocycles. The number of carboxylic acid groups (broad SMARTS) is 1. The molecule has 4 rings (SSSR count). The molecule has 3 N–H and O–H groups in total. The monoisotopic (exact) mass is 470 g/mol. The predicted molar refractivity (Wildman–Crippen MR) is 122 cm³/mol. The largest absolute Gasteiger partial charge is 0.481 e. The van der Waals surface area contributed by atoms with E-state index in [2.05, 4.69) is 20.7 Å². The molecule has 3 aromatic rings. The minimum atomic E-state index is -0.904. The van der Waals surface area contributed by atoms with Gasteiger partial charge in [0.2, 0.25) is 0 Å². The van der Waals surface area contributed by atoms with Crippen LogP contribution in [0, 0.1) is 17.2 Å². The number of aliphatic carboxylic acids is 1. The molecule has 1 fully saturated rings. The number of hydrogen-bond donors (Lipinski definition) is 3. The Labute approximate surface area is 195 Å². The summed E-state index contributed by atoms with van der Waals surface area (Å²) in [6.07, 6.45) is 2.93. The van der Waals surface area contributed by atoms with Crippen molar-refractivity contribution < 1.29 is 19.1 Å². The van der Waals surface area contributed by atoms with Crippen molar-refractivity contribution in [3.05, 3.63) is 70.8 Å². The zero-order valence-corrected chi connectivity index (χ0v) is 18.6. The van der Waals surface area contributed by atoms with E-state index in [0.29, 0.717) is 48.5 Å². The van der Waals surface area contributed by atoms with Crippen LogP contribution in [0.15, 0.2) is 48.7 Å². The van der Waals surface area contributed by atoms with Crippen molar-refractivity contribution in [1.29, 1.82) is 0 Å². The van der Waals surface area contributed by atoms with Gasteiger partial charge in [0.05, 0.1) is 11.6 Å². The molecular weight excluding hydrogens is 447 g/mol. The van der Waals surface area contributed by atoms with E-state index in [0.717, 1.165) is 5.56 Å². The van der Waals surface area contributed by atoms with Crippen molar-refractivity contribution in [3.8, 4) is 11.1 Å². The lowest BCUT2D eigenvalue weighted by molar-refractivity contribution is -0.148. The van der Waals surface area contributed by atoms with Crippen molar-refractivity contribution >= 4 is 23.4 Å². The number of hydrogen-bond acceptors (Lipinski definition) is 5. The number of carboxylic acids is 1. The lowest BCUT2D eigenvalue weighted by atomic mass is 9.75. The molecule has 1 saturated heterocycles. The second kappa shape index (κ2) is 9.80. The van der Waals surface area contributed by atoms with Crippen LogP contribution >= 0.6 is 11.6 Å². The first-order valence-electron chi connectivity index (χ1n) is 10.7. The fourth-order valence-corrected chi connectivity index (χ4v) is 4.70. The number of carbonyl (C=O) groups excluding carboxylic acids is 1. The van der Waals surface area contributed by atoms with Gasteiger partial charge < -0.3 is 10.4 Å². The third-order valence-electron chi connectivity index (χ3n) is 6.27. The molecule has 2 atom stereocenters. The number of aromatic amines is 1. The highest BCUT2D eigenvalue weighted by Crippen LogP contribution is 2.36. The van der Waals surface area contributed by atoms with E-state index >= 15 is 0 Å². The van der Waals surface area contributed by atoms with E-state index < -0.39 is 11.4 Å². The molecule has 1 aromatic heterocycles. The summed E-state index contributed by atoms with van der Waals surface area (Å²) < 4.78 is 14.2. The Morgan fingerprint density at radius 3 is 2.64 bits per heavy atom. The first kappa shape index (κ1) is 23.1. The minimum Gasteiger partial charge on any atom is -0.481 e. The highest BCUT2D eigenvalue weighted by Gasteiger charge is 2.43. The van der Waals surface area contributed by atoms with Gasteiger partial charge in [0.25, 0.3) is 0 Å². The standard InChI is InChI=1S/C24H24ClFN4O3/c25-18-5-6-20(26)19(11-18)17-3-1-15(2-4-17)9-16(10-22(31)21-13-28-30-29-21)12-24(23(32)33)7-8-27-14-24/h1-6,11,13,16,27H,7-10,12,14H2,(H,32,33)(H,28,29,30)/t16-,24?/m0/s1. The minimum absolute atomic E-state index is 0.159. The first-order chi connectivity index (χ1) is 15.9. The van der Waals surface area contributed by atoms with Crippen molar-refractivity contribution in [2.75, 3.05) is 13.1 Å². The van der Waals surface area contributed by atoms with Crippen LogP contribution < -0.4 is 5.32 Å². The number of carbonyl (C=O) groups is 2. The predicted octanol–water partition coefficient (Wildman–Crippen LogP) is 4.15. The van der Waals surface area contributed by atoms with Gasteiger partial charge in [-0.1, -0.05) is 35.9 Å². The molecule has 0 bridgehead atoms. The van der Waals surface area contributed by atoms with Crippen molar-refractivity contribution in [3.63, 3.8) is 0 Å². The smallest absolute Gasteiger partial charge is 0.310 e. The fourth-order valence-electron chi connectivity index (χ4n) is 4.53. The Balaban J connectivity index is 1.55. The average molecular weight is 471 g/mol. The zero-order valence-electron chi connectivity index (χ0n) is 17.9. The van der Waals surface area contributed by atoms with Crippen molar-refractivity contribution in [1.82, 2.24) is 20.7 Å². The Bertz CT molecular complexity index is 1130. The lowest BCUT2D eigenvalue weighted by Crippen LogP contribution is -2.36. The number of nitrogens with zero attached hydrogens (tertiary/aromatic N) is 2. The second-order valence-corrected chi connectivity index (χ2v) is 9.03. The van der Waals surface area contributed by atoms with E-state index in [1.165, 1.54) is 18.3 Å². The normalized spacial score (nSPS) is 18.8. The summed E-state index contributed by atoms with van der Waals surface area (Å²) in [6, 6.07) is 11.8. The highest BCUT2D eigenvalue weighted by molar-refractivity contribution is 6.30. The Morgan fingerprint density at radius 1 is 1.21 bits per heavy atom. The van der Waals surface area contributed by atoms with Gasteiger partial charge in [-0.2, -0.15) is 15.4 Å². The third-order valence-corrected chi connectivity index (χ3v) is 6.50. The van der Waals surface area contributed by atoms with E-state index in [9.17, 15) is 19.1 Å². The summed E-state index contributed by atoms with van der Waals surface area (Å²) in [5, 5.41) is 23.5. The molecule has 33 heavy (non-hydrogen) atoms. The Kier molecular flexibility index (Phi) is 6.85. The summed E-state index contributed by atoms with van der Waals surface area (Å²) in [5.41, 5.74) is 1.37. The first-order valence-corrected chi connectivity index (χ1v) is 11.1. The van der Waals surface area contributed by atoms with Crippen LogP contribution in [0.25, 0.3) is 11.1 Å². The number of benzene rings is 2. The van der Waals surface area contributed by atoms with Crippen LogP contribution in [0.4, 0.5) is 4.39 Å². The number of nitrogens with one attached hydrogen (secondary N) is 2. The molecule has 0 radical (unpaired) electrons. The Morgan fingerprint density at radius 2 is 2.00 bits per heavy atom. The summed E-state index contributed by atoms with van der Waals surface area (Å²) in [5.74, 6) is -1.60. The van der Waals surface area contributed by atoms with Gasteiger partial charge in [0.15, 0.2) is 5.78 Å². The number of aromatic nitrogens is 3. The number of H-pyrrole nitrogens is 1. The highest BCUT2D eigenvalue weighted by atomic mass is 35.5. The van der Waals surface area contributed by atoms with Crippen LogP contribution in [-0.4, -0.2) is 45.4 Å². The molecular formula is C24H24ClFN4O3. The fraction of sp³-hybridized carbons (Fsp3) is 0.333. The maximum atomic E-state index is 14.2. The molecule has 0 amide bonds. The van der Waals surface area contributed by atoms with E-state index in [1.807, 2.05) is 24.3 Å². The van der Waals surface area contributed by atoms with E-state index in [1.54, 1.807) is 6.07 Å². The van der Waals surface area contributed by atoms with Crippen LogP contribution in [-0.2, 0) is 11.2 Å². The number of Topliss-reactive ketones (excluding diaryl/α,β-unsaturated/α-hetero) is 1. The molecule has 0 spiro atoms. The summed E-state index contributed by atoms with van der Waals surface area (Å²) in [6.45, 7) is 1.01. The summed E-state index contributed by atoms with van der Waals surface area (Å²) >= 11 is 6.01. The molecule has 172 valence electrons. The molecule has 7 nitrogen and oxygen atoms in total. The van der Waals surface area contributed by atoms with Gasteiger partial charge in [0.1, 0.15) is 11.5 Å². The SMILES string of the molecule is O=C(C[C@H](Cc1ccc(-c2cc(Cl)ccc2F)cc1)CC1(C(=O)O)CCNC1)c1cn[nH]n1. The van der Waals surface area contributed by atoms with Gasteiger partial charge in [-0.25, -0.2) is 4.39 Å². The second-order valence-electron chi connectivity index (χ2n) is 8.59. The van der Waals surface area contributed by atoms with Crippen LogP contribution in [0.2, 0.25) is 5.02 Å². The summed E-state index contributed by atoms with van der Waals surface area (Å²) in [7, 11) is 0. The molecule has 1 unspecified atom stereocenters. The molecule has 1 aliphatic heterocycles.